The van der Waals surface area contributed by atoms with E-state index in [9.17, 15) is 29.1 Å². The van der Waals surface area contributed by atoms with Crippen molar-refractivity contribution in [3.8, 4) is 17.1 Å². The van der Waals surface area contributed by atoms with E-state index in [1.165, 1.54) is 20.0 Å². The standard InChI is InChI=1S/C30H26ClN5O2.C16H11ClN2O3.C14H20N4O.C13H9ClN2.C8H6ClN.C5H4BrN.C4H8O.C4H9O.CH4.K/c1-34(2)15-8-16-36-25-12-7-6-11-21(25)28(33-36)27-26(29(37)32-30(27)38)23-18-35(20-9-4-3-5-10-20)24-14-13-19(31)17-22(23)24;1-22-16(21)15(20)13-9-19(11-3-2-6-18-8-11)14-5-4-10(17)7-12(13)14;1-17(2)8-5-9-18-13-7-4-3-6-11(13)12(16-18)10-14(15)19;14-11-3-4-13-10(8-11)5-7-16(13)12-2-1-6-15-9-12;9-7-1-2-8-6(5-7)3-4-10-8;6-5-2-1-3-7-4-5;1-2-4-5-3-1;1-4(2,3)5;;/h3-7,9-14,17-18H,8,15-16H2,1-2H3,(H,32,37,38);2-9H,1H3;3-4,6-7H,5,8-10H2,1-2H3,(H2,15,19);1-9H;1-5,10H;1-4H;1-4H2;1-3H3;1H4;/q;;;;;;;-1;;+1. The molecule has 0 radical (unpaired) electrons. The molecular weight excluding hydrogens is 1740 g/mol. The van der Waals surface area contributed by atoms with Crippen LogP contribution in [0, 0.1) is 0 Å². The van der Waals surface area contributed by atoms with E-state index in [0.29, 0.717) is 38.8 Å². The zero-order valence-electron chi connectivity index (χ0n) is 69.7. The molecule has 7 aromatic carbocycles. The topological polar surface area (TPSA) is 276 Å². The zero-order valence-corrected chi connectivity index (χ0v) is 77.4. The van der Waals surface area contributed by atoms with Gasteiger partial charge in [-0.1, -0.05) is 129 Å². The fraction of sp³-hybridized carbons (Fsp3) is 0.221. The van der Waals surface area contributed by atoms with Crippen LogP contribution in [-0.2, 0) is 48.2 Å². The van der Waals surface area contributed by atoms with Crippen LogP contribution in [0.5, 0.6) is 0 Å². The van der Waals surface area contributed by atoms with Crippen LogP contribution in [0.2, 0.25) is 20.1 Å². The molecule has 0 bridgehead atoms. The Morgan fingerprint density at radius 2 is 1.06 bits per heavy atom. The first-order valence-electron chi connectivity index (χ1n) is 39.2. The number of aromatic nitrogens is 11. The van der Waals surface area contributed by atoms with Gasteiger partial charge in [-0.05, 0) is 228 Å². The van der Waals surface area contributed by atoms with Crippen molar-refractivity contribution < 1.29 is 89.9 Å². The number of rotatable bonds is 17. The van der Waals surface area contributed by atoms with Crippen LogP contribution in [0.25, 0.3) is 93.6 Å². The molecule has 2 aliphatic heterocycles. The van der Waals surface area contributed by atoms with Gasteiger partial charge < -0.3 is 48.8 Å². The molecule has 124 heavy (non-hydrogen) atoms. The average molecular weight is 1840 g/mol. The normalized spacial score (nSPS) is 12.1. The van der Waals surface area contributed by atoms with E-state index in [-0.39, 0.29) is 82.3 Å². The first-order chi connectivity index (χ1) is 58.7. The van der Waals surface area contributed by atoms with Crippen molar-refractivity contribution >= 4 is 168 Å². The van der Waals surface area contributed by atoms with Crippen molar-refractivity contribution in [3.05, 3.63) is 309 Å². The smallest absolute Gasteiger partial charge is 0.850 e. The zero-order chi connectivity index (χ0) is 87.0. The largest absolute Gasteiger partial charge is 1.00 e. The SMILES string of the molecule is Brc1cccnc1.C.C1CCOC1.CC(C)(C)[O-].CN(C)CCCn1nc(C2=C(c3cn(-c4ccccc4)c4ccc(Cl)cc34)C(=O)NC2=O)c2ccccc21.CN(C)CCCn1nc(CC(N)=O)c2ccccc21.COC(=O)C(=O)c1cn(-c2cccnc2)c2ccc(Cl)cc12.Clc1ccc2[nH]ccc2c1.Clc1ccc2c(ccn2-c2cccnc2)c1.[K+]. The van der Waals surface area contributed by atoms with Crippen molar-refractivity contribution in [2.24, 2.45) is 5.73 Å². The van der Waals surface area contributed by atoms with Crippen molar-refractivity contribution in [3.63, 3.8) is 0 Å². The summed E-state index contributed by atoms with van der Waals surface area (Å²) < 4.78 is 20.3. The number of pyridine rings is 3. The number of nitrogens with zero attached hydrogens (tertiary/aromatic N) is 12. The molecule has 18 rings (SSSR count). The van der Waals surface area contributed by atoms with Gasteiger partial charge in [-0.25, -0.2) is 4.79 Å². The number of primary amides is 1. The van der Waals surface area contributed by atoms with Crippen LogP contribution in [0.1, 0.15) is 81.2 Å². The number of H-pyrrole nitrogens is 1. The molecule has 0 unspecified atom stereocenters. The number of halogens is 5. The van der Waals surface area contributed by atoms with Crippen molar-refractivity contribution in [1.29, 1.82) is 0 Å². The van der Waals surface area contributed by atoms with E-state index in [0.717, 1.165) is 143 Å². The average Bonchev–Trinajstić information content (AvgIpc) is 1.58. The van der Waals surface area contributed by atoms with Gasteiger partial charge in [0.2, 0.25) is 5.91 Å². The van der Waals surface area contributed by atoms with Crippen molar-refractivity contribution in [2.45, 2.75) is 79.0 Å². The molecule has 1 fully saturated rings. The number of imide groups is 1. The molecule has 0 aliphatic carbocycles. The van der Waals surface area contributed by atoms with Gasteiger partial charge in [0.15, 0.2) is 0 Å². The molecule has 23 nitrogen and oxygen atoms in total. The van der Waals surface area contributed by atoms with Gasteiger partial charge in [0.05, 0.1) is 87.3 Å². The summed E-state index contributed by atoms with van der Waals surface area (Å²) in [5.74, 6) is -2.86. The molecule has 29 heteroatoms. The second kappa shape index (κ2) is 47.1. The fourth-order valence-electron chi connectivity index (χ4n) is 13.4. The number of ketones is 1. The number of fused-ring (bicyclic) bond motifs is 6. The van der Waals surface area contributed by atoms with Gasteiger partial charge >= 0.3 is 57.4 Å². The number of carbonyl (C=O) groups excluding carboxylic acids is 5. The number of methoxy groups -OCH3 is 1. The number of para-hydroxylation sites is 3. The van der Waals surface area contributed by atoms with Gasteiger partial charge in [-0.3, -0.25) is 48.8 Å². The number of nitrogens with one attached hydrogen (secondary N) is 2. The Labute approximate surface area is 791 Å². The molecule has 16 aromatic rings. The minimum atomic E-state index is -0.912. The number of benzene rings is 7. The number of hydrogen-bond acceptors (Lipinski definition) is 15. The maximum atomic E-state index is 13.4. The molecule has 636 valence electrons. The summed E-state index contributed by atoms with van der Waals surface area (Å²) in [4.78, 5) is 80.9. The molecule has 11 heterocycles. The molecule has 0 atom stereocenters. The van der Waals surface area contributed by atoms with E-state index in [4.69, 9.17) is 62.0 Å². The third kappa shape index (κ3) is 26.9. The predicted octanol–water partition coefficient (Wildman–Crippen LogP) is 16.1. The number of esters is 1. The Morgan fingerprint density at radius 1 is 0.556 bits per heavy atom. The first kappa shape index (κ1) is 97.5. The summed E-state index contributed by atoms with van der Waals surface area (Å²) in [5.41, 5.74) is 15.9. The number of amides is 3. The van der Waals surface area contributed by atoms with Crippen molar-refractivity contribution in [1.82, 2.24) is 68.3 Å². The molecular formula is C95H97BrCl4KN15O8. The van der Waals surface area contributed by atoms with Crippen LogP contribution in [0.3, 0.4) is 0 Å². The Balaban J connectivity index is 0.000000175. The minimum Gasteiger partial charge on any atom is -0.850 e. The maximum Gasteiger partial charge on any atom is 1.00 e. The van der Waals surface area contributed by atoms with Crippen LogP contribution in [-0.4, -0.2) is 160 Å². The Hall–Kier alpha value is -10.3. The van der Waals surface area contributed by atoms with Gasteiger partial charge in [0.1, 0.15) is 5.69 Å². The Morgan fingerprint density at radius 3 is 1.60 bits per heavy atom. The number of aromatic amines is 1. The second-order valence-corrected chi connectivity index (χ2v) is 32.4. The van der Waals surface area contributed by atoms with Crippen LogP contribution < -0.4 is 67.5 Å². The monoisotopic (exact) mass is 1830 g/mol. The third-order valence-corrected chi connectivity index (χ3v) is 20.2. The van der Waals surface area contributed by atoms with Gasteiger partial charge in [-0.2, -0.15) is 10.2 Å². The van der Waals surface area contributed by atoms with E-state index in [1.54, 1.807) is 86.8 Å². The molecule has 2 aliphatic rings. The fourth-order valence-corrected chi connectivity index (χ4v) is 14.3. The van der Waals surface area contributed by atoms with E-state index < -0.39 is 29.2 Å². The summed E-state index contributed by atoms with van der Waals surface area (Å²) in [6.07, 6.45) is 22.5. The molecule has 4 N–H and O–H groups in total. The number of ether oxygens (including phenoxy) is 2. The van der Waals surface area contributed by atoms with Crippen LogP contribution in [0.4, 0.5) is 0 Å². The van der Waals surface area contributed by atoms with Gasteiger partial charge in [-0.15, -0.1) is 5.60 Å². The summed E-state index contributed by atoms with van der Waals surface area (Å²) >= 11 is 27.4. The number of hydrogen-bond donors (Lipinski definition) is 3. The summed E-state index contributed by atoms with van der Waals surface area (Å²) in [6.45, 7) is 10.4. The molecule has 3 amide bonds. The Kier molecular flexibility index (Phi) is 37.1. The summed E-state index contributed by atoms with van der Waals surface area (Å²) in [7, 11) is 9.36. The summed E-state index contributed by atoms with van der Waals surface area (Å²) in [6, 6.07) is 63.6. The number of nitrogens with two attached hydrogens (primary N) is 1. The number of carbonyl (C=O) groups is 5. The van der Waals surface area contributed by atoms with Crippen molar-refractivity contribution in [2.75, 3.05) is 61.6 Å². The van der Waals surface area contributed by atoms with Gasteiger partial charge in [0, 0.05) is 150 Å². The van der Waals surface area contributed by atoms with Crippen LogP contribution >= 0.6 is 62.3 Å². The molecule has 1 saturated heterocycles. The minimum absolute atomic E-state index is 0. The third-order valence-electron chi connectivity index (χ3n) is 18.8. The predicted molar refractivity (Wildman–Crippen MR) is 497 cm³/mol. The molecule has 9 aromatic heterocycles. The number of aryl methyl sites for hydroxylation is 2. The van der Waals surface area contributed by atoms with E-state index >= 15 is 0 Å². The molecule has 0 saturated carbocycles. The summed E-state index contributed by atoms with van der Waals surface area (Å²) in [5, 5.41) is 30.1. The molecule has 0 spiro atoms. The van der Waals surface area contributed by atoms with E-state index in [1.807, 2.05) is 229 Å². The van der Waals surface area contributed by atoms with Gasteiger partial charge in [0.25, 0.3) is 17.6 Å². The number of Topliss-reactive ketones (excluding diaryl/α,β-unsaturated/α-hetero) is 1. The maximum absolute atomic E-state index is 13.4. The van der Waals surface area contributed by atoms with Crippen LogP contribution in [0.15, 0.2) is 267 Å². The quantitative estimate of drug-likeness (QED) is 0.0251. The first-order valence-corrected chi connectivity index (χ1v) is 41.5. The van der Waals surface area contributed by atoms with E-state index in [2.05, 4.69) is 79.5 Å². The Bertz CT molecular complexity index is 6270. The second-order valence-electron chi connectivity index (χ2n) is 29.7.